The summed E-state index contributed by atoms with van der Waals surface area (Å²) in [7, 11) is 1.24. The first-order chi connectivity index (χ1) is 18.0. The van der Waals surface area contributed by atoms with Gasteiger partial charge in [-0.15, -0.1) is 5.10 Å². The highest BCUT2D eigenvalue weighted by Crippen LogP contribution is 2.26. The fourth-order valence-electron chi connectivity index (χ4n) is 4.08. The Morgan fingerprint density at radius 3 is 2.49 bits per heavy atom. The predicted molar refractivity (Wildman–Crippen MR) is 142 cm³/mol. The van der Waals surface area contributed by atoms with Gasteiger partial charge in [-0.25, -0.2) is 4.79 Å². The monoisotopic (exact) mass is 530 g/mol. The van der Waals surface area contributed by atoms with Crippen LogP contribution in [0.25, 0.3) is 27.0 Å². The number of hydrogen-bond donors (Lipinski definition) is 1. The number of pyridine rings is 1. The first-order valence-electron chi connectivity index (χ1n) is 11.1. The number of para-hydroxylation sites is 1. The molecule has 0 saturated heterocycles. The molecule has 0 aliphatic heterocycles. The zero-order valence-electron chi connectivity index (χ0n) is 19.5. The van der Waals surface area contributed by atoms with Crippen LogP contribution < -0.4 is 10.7 Å². The van der Waals surface area contributed by atoms with Crippen molar-refractivity contribution in [3.63, 3.8) is 0 Å². The van der Waals surface area contributed by atoms with E-state index in [2.05, 4.69) is 14.9 Å². The number of carbonyl (C=O) groups is 2. The van der Waals surface area contributed by atoms with Crippen LogP contribution in [0.5, 0.6) is 0 Å². The fraction of sp³-hybridized carbons (Fsp3) is 0.0741. The second kappa shape index (κ2) is 10.3. The fourth-order valence-corrected chi connectivity index (χ4v) is 4.76. The van der Waals surface area contributed by atoms with Crippen LogP contribution in [0.2, 0.25) is 5.02 Å². The molecule has 8 nitrogen and oxygen atoms in total. The lowest BCUT2D eigenvalue weighted by Gasteiger charge is -2.20. The number of hydrogen-bond acceptors (Lipinski definition) is 7. The molecule has 3 aromatic carbocycles. The van der Waals surface area contributed by atoms with Crippen molar-refractivity contribution < 1.29 is 14.3 Å². The molecule has 2 aromatic heterocycles. The maximum absolute atomic E-state index is 13.6. The molecule has 0 aliphatic carbocycles. The second-order valence-electron chi connectivity index (χ2n) is 8.02. The van der Waals surface area contributed by atoms with Gasteiger partial charge < -0.3 is 14.6 Å². The molecule has 0 fully saturated rings. The van der Waals surface area contributed by atoms with Gasteiger partial charge in [0, 0.05) is 28.2 Å². The summed E-state index contributed by atoms with van der Waals surface area (Å²) in [5, 5.41) is 7.36. The highest BCUT2D eigenvalue weighted by molar-refractivity contribution is 7.09. The number of benzene rings is 3. The number of aromatic nitrogens is 3. The van der Waals surface area contributed by atoms with Crippen LogP contribution in [0.4, 0.5) is 0 Å². The maximum atomic E-state index is 13.6. The lowest BCUT2D eigenvalue weighted by Crippen LogP contribution is -2.31. The van der Waals surface area contributed by atoms with E-state index < -0.39 is 17.3 Å². The Morgan fingerprint density at radius 1 is 1.05 bits per heavy atom. The van der Waals surface area contributed by atoms with Crippen molar-refractivity contribution in [1.82, 2.24) is 19.5 Å². The number of fused-ring (bicyclic) bond motifs is 1. The first kappa shape index (κ1) is 24.4. The second-order valence-corrected chi connectivity index (χ2v) is 9.24. The van der Waals surface area contributed by atoms with Crippen molar-refractivity contribution in [2.24, 2.45) is 0 Å². The molecule has 0 aliphatic rings. The van der Waals surface area contributed by atoms with Crippen molar-refractivity contribution in [2.75, 3.05) is 7.11 Å². The van der Waals surface area contributed by atoms with E-state index in [0.29, 0.717) is 27.2 Å². The van der Waals surface area contributed by atoms with Gasteiger partial charge in [0.05, 0.1) is 29.3 Å². The van der Waals surface area contributed by atoms with Gasteiger partial charge in [0.1, 0.15) is 5.69 Å². The van der Waals surface area contributed by atoms with E-state index in [9.17, 15) is 14.4 Å². The van der Waals surface area contributed by atoms with E-state index in [1.807, 2.05) is 18.2 Å². The lowest BCUT2D eigenvalue weighted by atomic mass is 10.1. The number of rotatable bonds is 6. The van der Waals surface area contributed by atoms with Gasteiger partial charge in [-0.3, -0.25) is 9.59 Å². The van der Waals surface area contributed by atoms with E-state index in [0.717, 1.165) is 10.4 Å². The quantitative estimate of drug-likeness (QED) is 0.314. The van der Waals surface area contributed by atoms with Crippen LogP contribution in [0, 0.1) is 0 Å². The first-order valence-corrected chi connectivity index (χ1v) is 12.3. The van der Waals surface area contributed by atoms with Gasteiger partial charge in [-0.05, 0) is 59.6 Å². The topological polar surface area (TPSA) is 103 Å². The molecule has 0 spiro atoms. The van der Waals surface area contributed by atoms with Gasteiger partial charge in [-0.2, -0.15) is 0 Å². The van der Waals surface area contributed by atoms with E-state index in [1.54, 1.807) is 65.4 Å². The summed E-state index contributed by atoms with van der Waals surface area (Å²) in [6.45, 7) is -0.186. The molecule has 0 bridgehead atoms. The molecule has 1 N–H and O–H groups in total. The van der Waals surface area contributed by atoms with Gasteiger partial charge in [0.25, 0.3) is 5.91 Å². The number of ether oxygens (including phenoxy) is 1. The Kier molecular flexibility index (Phi) is 6.80. The Balaban J connectivity index is 1.57. The van der Waals surface area contributed by atoms with Gasteiger partial charge in [0.2, 0.25) is 0 Å². The number of amides is 1. The molecule has 1 amide bonds. The Bertz CT molecular complexity index is 1670. The third-order valence-corrected chi connectivity index (χ3v) is 6.79. The lowest BCUT2D eigenvalue weighted by molar-refractivity contribution is 0.0589. The standard InChI is InChI=1S/C27H19ClN4O4S/c1-36-27(35)24-21(14-29-26(34)17-9-7-16(8-10-17)23-15-30-31-37-23)25(33)20-12-11-18(28)13-22(20)32(24)19-5-3-2-4-6-19/h2-13,15H,14H2,1H3,(H,29,34). The summed E-state index contributed by atoms with van der Waals surface area (Å²) in [6, 6.07) is 20.9. The molecule has 0 atom stereocenters. The summed E-state index contributed by atoms with van der Waals surface area (Å²) in [5.41, 5.74) is 2.10. The molecule has 184 valence electrons. The summed E-state index contributed by atoms with van der Waals surface area (Å²) in [5.74, 6) is -1.11. The molecule has 5 rings (SSSR count). The van der Waals surface area contributed by atoms with Crippen molar-refractivity contribution >= 4 is 45.9 Å². The van der Waals surface area contributed by atoms with Crippen LogP contribution in [0.15, 0.2) is 83.8 Å². The van der Waals surface area contributed by atoms with E-state index in [1.165, 1.54) is 18.6 Å². The minimum Gasteiger partial charge on any atom is -0.464 e. The van der Waals surface area contributed by atoms with Crippen molar-refractivity contribution in [2.45, 2.75) is 6.54 Å². The number of carbonyl (C=O) groups excluding carboxylic acids is 2. The van der Waals surface area contributed by atoms with Gasteiger partial charge in [-0.1, -0.05) is 46.4 Å². The molecule has 0 radical (unpaired) electrons. The van der Waals surface area contributed by atoms with Crippen LogP contribution in [0.1, 0.15) is 26.4 Å². The van der Waals surface area contributed by atoms with Crippen molar-refractivity contribution in [1.29, 1.82) is 0 Å². The molecule has 5 aromatic rings. The average Bonchev–Trinajstić information content (AvgIpc) is 3.47. The molecule has 2 heterocycles. The zero-order valence-corrected chi connectivity index (χ0v) is 21.0. The Labute approximate surface area is 220 Å². The van der Waals surface area contributed by atoms with Crippen LogP contribution in [0.3, 0.4) is 0 Å². The largest absolute Gasteiger partial charge is 0.464 e. The highest BCUT2D eigenvalue weighted by atomic mass is 35.5. The average molecular weight is 531 g/mol. The van der Waals surface area contributed by atoms with Crippen LogP contribution in [-0.4, -0.2) is 33.1 Å². The number of esters is 1. The molecule has 0 saturated carbocycles. The minimum atomic E-state index is -0.713. The zero-order chi connectivity index (χ0) is 25.9. The molecule has 0 unspecified atom stereocenters. The van der Waals surface area contributed by atoms with Crippen molar-refractivity contribution in [3.05, 3.63) is 111 Å². The van der Waals surface area contributed by atoms with E-state index in [-0.39, 0.29) is 17.8 Å². The number of nitrogens with zero attached hydrogens (tertiary/aromatic N) is 3. The third-order valence-electron chi connectivity index (χ3n) is 5.84. The Hall–Kier alpha value is -4.34. The molecule has 37 heavy (non-hydrogen) atoms. The Morgan fingerprint density at radius 2 is 1.81 bits per heavy atom. The van der Waals surface area contributed by atoms with Crippen LogP contribution in [-0.2, 0) is 11.3 Å². The normalized spacial score (nSPS) is 10.9. The third kappa shape index (κ3) is 4.74. The SMILES string of the molecule is COC(=O)c1c(CNC(=O)c2ccc(-c3cnns3)cc2)c(=O)c2ccc(Cl)cc2n1-c1ccccc1. The number of halogens is 1. The number of methoxy groups -OCH3 is 1. The van der Waals surface area contributed by atoms with Gasteiger partial charge >= 0.3 is 5.97 Å². The highest BCUT2D eigenvalue weighted by Gasteiger charge is 2.25. The predicted octanol–water partition coefficient (Wildman–Crippen LogP) is 4.88. The molecular formula is C27H19ClN4O4S. The van der Waals surface area contributed by atoms with Crippen LogP contribution >= 0.6 is 23.1 Å². The van der Waals surface area contributed by atoms with Crippen molar-refractivity contribution in [3.8, 4) is 16.1 Å². The van der Waals surface area contributed by atoms with E-state index >= 15 is 0 Å². The summed E-state index contributed by atoms with van der Waals surface area (Å²) < 4.78 is 10.5. The summed E-state index contributed by atoms with van der Waals surface area (Å²) in [6.07, 6.45) is 1.65. The van der Waals surface area contributed by atoms with E-state index in [4.69, 9.17) is 16.3 Å². The molecular weight excluding hydrogens is 512 g/mol. The van der Waals surface area contributed by atoms with Gasteiger partial charge in [0.15, 0.2) is 5.43 Å². The summed E-state index contributed by atoms with van der Waals surface area (Å²) >= 11 is 7.51. The molecule has 10 heteroatoms. The maximum Gasteiger partial charge on any atom is 0.355 e. The number of nitrogens with one attached hydrogen (secondary N) is 1. The smallest absolute Gasteiger partial charge is 0.355 e. The minimum absolute atomic E-state index is 0.0156. The summed E-state index contributed by atoms with van der Waals surface area (Å²) in [4.78, 5) is 40.4.